The van der Waals surface area contributed by atoms with E-state index < -0.39 is 5.41 Å². The van der Waals surface area contributed by atoms with E-state index in [1.807, 2.05) is 0 Å². The van der Waals surface area contributed by atoms with Crippen molar-refractivity contribution >= 4 is 23.1 Å². The van der Waals surface area contributed by atoms with Crippen molar-refractivity contribution in [2.45, 2.75) is 45.6 Å². The zero-order valence-corrected chi connectivity index (χ0v) is 12.5. The minimum absolute atomic E-state index is 0.0128. The Kier molecular flexibility index (Phi) is 5.53. The number of rotatable bonds is 7. The summed E-state index contributed by atoms with van der Waals surface area (Å²) in [4.78, 5) is 14.7. The van der Waals surface area contributed by atoms with Gasteiger partial charge in [-0.2, -0.15) is 0 Å². The lowest BCUT2D eigenvalue weighted by Gasteiger charge is -2.39. The molecule has 1 atom stereocenters. The van der Waals surface area contributed by atoms with Crippen LogP contribution >= 0.6 is 12.2 Å². The van der Waals surface area contributed by atoms with Crippen LogP contribution in [0.4, 0.5) is 0 Å². The molecule has 0 radical (unpaired) electrons. The third-order valence-corrected chi connectivity index (χ3v) is 4.60. The fourth-order valence-corrected chi connectivity index (χ4v) is 2.46. The summed E-state index contributed by atoms with van der Waals surface area (Å²) in [7, 11) is 2.08. The van der Waals surface area contributed by atoms with Crippen LogP contribution in [0, 0.1) is 5.41 Å². The summed E-state index contributed by atoms with van der Waals surface area (Å²) in [5.74, 6) is 0.0128. The Labute approximate surface area is 115 Å². The number of hydrogen-bond acceptors (Lipinski definition) is 3. The van der Waals surface area contributed by atoms with Gasteiger partial charge in [0.1, 0.15) is 0 Å². The van der Waals surface area contributed by atoms with E-state index in [0.29, 0.717) is 17.6 Å². The second-order valence-corrected chi connectivity index (χ2v) is 5.73. The lowest BCUT2D eigenvalue weighted by atomic mass is 9.68. The van der Waals surface area contributed by atoms with Crippen molar-refractivity contribution in [2.24, 2.45) is 11.1 Å². The van der Waals surface area contributed by atoms with Crippen LogP contribution in [0.3, 0.4) is 0 Å². The number of thiocarbonyl (C=S) groups is 1. The maximum atomic E-state index is 12.1. The van der Waals surface area contributed by atoms with Crippen molar-refractivity contribution in [3.05, 3.63) is 0 Å². The molecule has 3 N–H and O–H groups in total. The Morgan fingerprint density at radius 2 is 2.17 bits per heavy atom. The zero-order chi connectivity index (χ0) is 13.8. The summed E-state index contributed by atoms with van der Waals surface area (Å²) in [5, 5.41) is 2.97. The first-order valence-corrected chi connectivity index (χ1v) is 7.13. The number of hydrogen-bond donors (Lipinski definition) is 2. The third-order valence-electron chi connectivity index (χ3n) is 4.21. The molecule has 0 aromatic heterocycles. The molecule has 104 valence electrons. The van der Waals surface area contributed by atoms with Gasteiger partial charge < -0.3 is 16.0 Å². The van der Waals surface area contributed by atoms with Crippen LogP contribution in [0.1, 0.15) is 39.5 Å². The molecule has 1 rings (SSSR count). The van der Waals surface area contributed by atoms with Crippen LogP contribution in [0.15, 0.2) is 0 Å². The fraction of sp³-hybridized carbons (Fsp3) is 0.846. The van der Waals surface area contributed by atoms with Gasteiger partial charge in [-0.3, -0.25) is 4.79 Å². The van der Waals surface area contributed by atoms with Gasteiger partial charge in [0.05, 0.1) is 10.4 Å². The topological polar surface area (TPSA) is 58.4 Å². The van der Waals surface area contributed by atoms with Crippen LogP contribution in [-0.4, -0.2) is 42.0 Å². The number of nitrogens with two attached hydrogens (primary N) is 1. The van der Waals surface area contributed by atoms with Crippen molar-refractivity contribution in [3.8, 4) is 0 Å². The predicted octanol–water partition coefficient (Wildman–Crippen LogP) is 1.29. The third kappa shape index (κ3) is 3.20. The fourth-order valence-electron chi connectivity index (χ4n) is 2.16. The highest BCUT2D eigenvalue weighted by Crippen LogP contribution is 2.41. The molecule has 0 bridgehead atoms. The number of amides is 1. The molecular weight excluding hydrogens is 246 g/mol. The Morgan fingerprint density at radius 3 is 2.56 bits per heavy atom. The van der Waals surface area contributed by atoms with Crippen LogP contribution in [0.25, 0.3) is 0 Å². The Bertz CT molecular complexity index is 315. The monoisotopic (exact) mass is 271 g/mol. The first kappa shape index (κ1) is 15.4. The van der Waals surface area contributed by atoms with Crippen LogP contribution in [-0.2, 0) is 4.79 Å². The van der Waals surface area contributed by atoms with Gasteiger partial charge in [-0.15, -0.1) is 0 Å². The molecule has 0 aliphatic heterocycles. The van der Waals surface area contributed by atoms with E-state index in [0.717, 1.165) is 32.2 Å². The highest BCUT2D eigenvalue weighted by atomic mass is 32.1. The van der Waals surface area contributed by atoms with E-state index >= 15 is 0 Å². The number of nitrogens with one attached hydrogen (secondary N) is 1. The maximum absolute atomic E-state index is 12.1. The Hall–Kier alpha value is -0.680. The van der Waals surface area contributed by atoms with Gasteiger partial charge in [0.2, 0.25) is 5.91 Å². The molecule has 0 aromatic rings. The Balaban J connectivity index is 2.35. The van der Waals surface area contributed by atoms with Gasteiger partial charge in [0.15, 0.2) is 0 Å². The molecule has 1 aliphatic rings. The van der Waals surface area contributed by atoms with Crippen molar-refractivity contribution < 1.29 is 4.79 Å². The first-order valence-electron chi connectivity index (χ1n) is 6.72. The lowest BCUT2D eigenvalue weighted by Crippen LogP contribution is -2.54. The minimum atomic E-state index is -0.551. The summed E-state index contributed by atoms with van der Waals surface area (Å²) in [5.41, 5.74) is 5.14. The van der Waals surface area contributed by atoms with Crippen LogP contribution in [0.2, 0.25) is 0 Å². The SMILES string of the molecule is CCC(C)N(C)CCNC(=O)C1(C(N)=S)CCC1. The summed E-state index contributed by atoms with van der Waals surface area (Å²) >= 11 is 5.03. The van der Waals surface area contributed by atoms with Gasteiger partial charge in [-0.1, -0.05) is 25.6 Å². The second kappa shape index (κ2) is 6.48. The smallest absolute Gasteiger partial charge is 0.233 e. The van der Waals surface area contributed by atoms with Crippen LogP contribution < -0.4 is 11.1 Å². The zero-order valence-electron chi connectivity index (χ0n) is 11.7. The summed E-state index contributed by atoms with van der Waals surface area (Å²) in [6.45, 7) is 5.86. The van der Waals surface area contributed by atoms with Gasteiger partial charge in [0, 0.05) is 19.1 Å². The number of nitrogens with zero attached hydrogens (tertiary/aromatic N) is 1. The lowest BCUT2D eigenvalue weighted by molar-refractivity contribution is -0.130. The summed E-state index contributed by atoms with van der Waals surface area (Å²) in [6.07, 6.45) is 3.75. The van der Waals surface area contributed by atoms with Crippen molar-refractivity contribution in [1.29, 1.82) is 0 Å². The molecule has 0 heterocycles. The van der Waals surface area contributed by atoms with Crippen molar-refractivity contribution in [1.82, 2.24) is 10.2 Å². The Morgan fingerprint density at radius 1 is 1.56 bits per heavy atom. The highest BCUT2D eigenvalue weighted by molar-refractivity contribution is 7.80. The van der Waals surface area contributed by atoms with E-state index in [9.17, 15) is 4.79 Å². The second-order valence-electron chi connectivity index (χ2n) is 5.29. The van der Waals surface area contributed by atoms with E-state index in [2.05, 4.69) is 31.1 Å². The molecular formula is C13H25N3OS. The average Bonchev–Trinajstić information content (AvgIpc) is 2.25. The minimum Gasteiger partial charge on any atom is -0.392 e. The van der Waals surface area contributed by atoms with E-state index in [4.69, 9.17) is 18.0 Å². The van der Waals surface area contributed by atoms with Crippen molar-refractivity contribution in [2.75, 3.05) is 20.1 Å². The maximum Gasteiger partial charge on any atom is 0.233 e. The predicted molar refractivity (Wildman–Crippen MR) is 78.5 cm³/mol. The first-order chi connectivity index (χ1) is 8.44. The number of likely N-dealkylation sites (N-methyl/N-ethyl adjacent to an activating group) is 1. The van der Waals surface area contributed by atoms with Gasteiger partial charge in [-0.25, -0.2) is 0 Å². The molecule has 18 heavy (non-hydrogen) atoms. The summed E-state index contributed by atoms with van der Waals surface area (Å²) in [6, 6.07) is 0.537. The molecule has 1 fully saturated rings. The van der Waals surface area contributed by atoms with Crippen molar-refractivity contribution in [3.63, 3.8) is 0 Å². The molecule has 4 nitrogen and oxygen atoms in total. The van der Waals surface area contributed by atoms with Gasteiger partial charge in [0.25, 0.3) is 0 Å². The largest absolute Gasteiger partial charge is 0.392 e. The molecule has 0 spiro atoms. The quantitative estimate of drug-likeness (QED) is 0.685. The molecule has 5 heteroatoms. The molecule has 1 aliphatic carbocycles. The average molecular weight is 271 g/mol. The van der Waals surface area contributed by atoms with Crippen LogP contribution in [0.5, 0.6) is 0 Å². The number of carbonyl (C=O) groups excluding carboxylic acids is 1. The highest BCUT2D eigenvalue weighted by Gasteiger charge is 2.46. The molecule has 1 unspecified atom stereocenters. The number of carbonyl (C=O) groups is 1. The van der Waals surface area contributed by atoms with E-state index in [1.54, 1.807) is 0 Å². The molecule has 0 saturated heterocycles. The van der Waals surface area contributed by atoms with E-state index in [1.165, 1.54) is 0 Å². The van der Waals surface area contributed by atoms with Gasteiger partial charge in [-0.05, 0) is 33.2 Å². The summed E-state index contributed by atoms with van der Waals surface area (Å²) < 4.78 is 0. The van der Waals surface area contributed by atoms with E-state index in [-0.39, 0.29) is 5.91 Å². The normalized spacial score (nSPS) is 19.1. The molecule has 0 aromatic carbocycles. The van der Waals surface area contributed by atoms with Gasteiger partial charge >= 0.3 is 0 Å². The molecule has 1 saturated carbocycles. The molecule has 1 amide bonds. The standard InChI is InChI=1S/C13H25N3OS/c1-4-10(2)16(3)9-8-15-12(17)13(11(14)18)6-5-7-13/h10H,4-9H2,1-3H3,(H2,14,18)(H,15,17).